The highest BCUT2D eigenvalue weighted by Crippen LogP contribution is 2.45. The van der Waals surface area contributed by atoms with Gasteiger partial charge >= 0.3 is 0 Å². The first-order valence-electron chi connectivity index (χ1n) is 11.2. The van der Waals surface area contributed by atoms with E-state index in [0.717, 1.165) is 0 Å². The molecule has 0 radical (unpaired) electrons. The maximum Gasteiger partial charge on any atom is 0.259 e. The molecule has 0 rings (SSSR count). The predicted octanol–water partition coefficient (Wildman–Crippen LogP) is 2.35. The SMILES string of the molecule is CC(C)N(C(C)C)P(OCCC#N)OCCOCCOCCOCCOCCOCCO. The van der Waals surface area contributed by atoms with Gasteiger partial charge in [0.2, 0.25) is 0 Å². The zero-order chi connectivity index (χ0) is 23.9. The van der Waals surface area contributed by atoms with Crippen LogP contribution in [0.25, 0.3) is 0 Å². The maximum atomic E-state index is 8.74. The first-order valence-corrected chi connectivity index (χ1v) is 12.4. The van der Waals surface area contributed by atoms with Crippen LogP contribution in [0.2, 0.25) is 0 Å². The summed E-state index contributed by atoms with van der Waals surface area (Å²) >= 11 is 0. The molecule has 11 heteroatoms. The third-order valence-electron chi connectivity index (χ3n) is 3.82. The van der Waals surface area contributed by atoms with Crippen molar-refractivity contribution in [3.63, 3.8) is 0 Å². The van der Waals surface area contributed by atoms with Crippen molar-refractivity contribution in [1.82, 2.24) is 4.67 Å². The summed E-state index contributed by atoms with van der Waals surface area (Å²) in [5, 5.41) is 17.3. The van der Waals surface area contributed by atoms with E-state index in [1.807, 2.05) is 0 Å². The molecule has 0 aromatic rings. The molecule has 0 aliphatic rings. The van der Waals surface area contributed by atoms with Crippen molar-refractivity contribution in [2.45, 2.75) is 46.2 Å². The van der Waals surface area contributed by atoms with Gasteiger partial charge in [0.1, 0.15) is 0 Å². The third kappa shape index (κ3) is 19.1. The minimum Gasteiger partial charge on any atom is -0.394 e. The lowest BCUT2D eigenvalue weighted by Crippen LogP contribution is -2.34. The average Bonchev–Trinajstić information content (AvgIpc) is 2.75. The van der Waals surface area contributed by atoms with Crippen LogP contribution in [-0.4, -0.2) is 108 Å². The molecule has 32 heavy (non-hydrogen) atoms. The van der Waals surface area contributed by atoms with Crippen LogP contribution in [0.15, 0.2) is 0 Å². The van der Waals surface area contributed by atoms with Crippen molar-refractivity contribution in [2.75, 3.05) is 85.9 Å². The van der Waals surface area contributed by atoms with E-state index in [1.54, 1.807) is 0 Å². The fourth-order valence-corrected chi connectivity index (χ4v) is 4.11. The highest BCUT2D eigenvalue weighted by atomic mass is 31.2. The second-order valence-corrected chi connectivity index (χ2v) is 8.62. The minimum absolute atomic E-state index is 0.0254. The fraction of sp³-hybridized carbons (Fsp3) is 0.952. The van der Waals surface area contributed by atoms with Crippen LogP contribution in [0, 0.1) is 11.3 Å². The van der Waals surface area contributed by atoms with Gasteiger partial charge in [0.25, 0.3) is 8.53 Å². The molecule has 0 bridgehead atoms. The van der Waals surface area contributed by atoms with E-state index >= 15 is 0 Å². The normalized spacial score (nSPS) is 12.7. The van der Waals surface area contributed by atoms with Crippen LogP contribution in [0.5, 0.6) is 0 Å². The number of rotatable bonds is 24. The Labute approximate surface area is 195 Å². The van der Waals surface area contributed by atoms with Crippen molar-refractivity contribution in [2.24, 2.45) is 0 Å². The van der Waals surface area contributed by atoms with E-state index in [4.69, 9.17) is 43.1 Å². The lowest BCUT2D eigenvalue weighted by atomic mass is 10.3. The molecule has 1 unspecified atom stereocenters. The molecule has 0 heterocycles. The summed E-state index contributed by atoms with van der Waals surface area (Å²) in [6.45, 7) is 13.9. The van der Waals surface area contributed by atoms with Crippen molar-refractivity contribution in [3.05, 3.63) is 0 Å². The van der Waals surface area contributed by atoms with E-state index < -0.39 is 8.53 Å². The molecule has 0 saturated carbocycles. The predicted molar refractivity (Wildman–Crippen MR) is 122 cm³/mol. The Morgan fingerprint density at radius 1 is 0.656 bits per heavy atom. The Morgan fingerprint density at radius 3 is 1.41 bits per heavy atom. The maximum absolute atomic E-state index is 8.74. The number of nitriles is 1. The Kier molecular flexibility index (Phi) is 23.4. The van der Waals surface area contributed by atoms with Gasteiger partial charge < -0.3 is 37.8 Å². The van der Waals surface area contributed by atoms with Crippen molar-refractivity contribution < 1.29 is 37.8 Å². The average molecular weight is 483 g/mol. The number of hydrogen-bond donors (Lipinski definition) is 1. The van der Waals surface area contributed by atoms with E-state index in [0.29, 0.717) is 85.7 Å². The van der Waals surface area contributed by atoms with E-state index in [-0.39, 0.29) is 18.7 Å². The molecule has 0 aliphatic heterocycles. The Morgan fingerprint density at radius 2 is 1.03 bits per heavy atom. The lowest BCUT2D eigenvalue weighted by molar-refractivity contribution is -0.0149. The van der Waals surface area contributed by atoms with Gasteiger partial charge in [-0.1, -0.05) is 0 Å². The molecule has 1 N–H and O–H groups in total. The second-order valence-electron chi connectivity index (χ2n) is 7.17. The van der Waals surface area contributed by atoms with Gasteiger partial charge in [-0.2, -0.15) is 5.26 Å². The highest BCUT2D eigenvalue weighted by Gasteiger charge is 2.26. The molecule has 0 spiro atoms. The molecule has 190 valence electrons. The smallest absolute Gasteiger partial charge is 0.259 e. The Hall–Kier alpha value is -0.440. The summed E-state index contributed by atoms with van der Waals surface area (Å²) in [6.07, 6.45) is 0.344. The first kappa shape index (κ1) is 31.6. The van der Waals surface area contributed by atoms with Crippen molar-refractivity contribution >= 4 is 8.53 Å². The first-order chi connectivity index (χ1) is 15.5. The molecule has 0 aromatic carbocycles. The van der Waals surface area contributed by atoms with Gasteiger partial charge in [-0.25, -0.2) is 4.67 Å². The van der Waals surface area contributed by atoms with Gasteiger partial charge in [0, 0.05) is 12.1 Å². The third-order valence-corrected chi connectivity index (χ3v) is 5.92. The number of ether oxygens (including phenoxy) is 5. The highest BCUT2D eigenvalue weighted by molar-refractivity contribution is 7.44. The second kappa shape index (κ2) is 23.7. The quantitative estimate of drug-likeness (QED) is 0.163. The van der Waals surface area contributed by atoms with E-state index in [1.165, 1.54) is 0 Å². The molecule has 0 fully saturated rings. The van der Waals surface area contributed by atoms with Gasteiger partial charge in [-0.05, 0) is 27.7 Å². The van der Waals surface area contributed by atoms with Crippen LogP contribution >= 0.6 is 8.53 Å². The van der Waals surface area contributed by atoms with Crippen LogP contribution in [0.3, 0.4) is 0 Å². The number of hydrogen-bond acceptors (Lipinski definition) is 10. The topological polar surface area (TPSA) is 112 Å². The lowest BCUT2D eigenvalue weighted by Gasteiger charge is -2.35. The Bertz CT molecular complexity index is 433. The van der Waals surface area contributed by atoms with Crippen molar-refractivity contribution in [1.29, 1.82) is 5.26 Å². The number of aliphatic hydroxyl groups is 1. The standard InChI is InChI=1S/C21H43N2O8P/c1-20(2)23(21(3)4)32(30-8-5-6-22)31-19-18-29-17-16-28-15-14-27-13-12-26-11-10-25-9-7-24/h20-21,24H,5,7-19H2,1-4H3. The molecular weight excluding hydrogens is 439 g/mol. The molecule has 0 aromatic heterocycles. The van der Waals surface area contributed by atoms with Crippen molar-refractivity contribution in [3.8, 4) is 6.07 Å². The molecule has 0 saturated heterocycles. The summed E-state index contributed by atoms with van der Waals surface area (Å²) in [7, 11) is -1.23. The summed E-state index contributed by atoms with van der Waals surface area (Å²) in [4.78, 5) is 0. The summed E-state index contributed by atoms with van der Waals surface area (Å²) in [5.41, 5.74) is 0. The van der Waals surface area contributed by atoms with E-state index in [2.05, 4.69) is 38.4 Å². The van der Waals surface area contributed by atoms with Crippen LogP contribution in [0.1, 0.15) is 34.1 Å². The molecular formula is C21H43N2O8P. The van der Waals surface area contributed by atoms with Gasteiger partial charge in [0.05, 0.1) is 98.4 Å². The van der Waals surface area contributed by atoms with Crippen LogP contribution < -0.4 is 0 Å². The molecule has 0 aliphatic carbocycles. The molecule has 1 atom stereocenters. The van der Waals surface area contributed by atoms with E-state index in [9.17, 15) is 0 Å². The Balaban J connectivity index is 3.65. The monoisotopic (exact) mass is 482 g/mol. The van der Waals surface area contributed by atoms with Gasteiger partial charge in [-0.15, -0.1) is 0 Å². The fourth-order valence-electron chi connectivity index (χ4n) is 2.53. The summed E-state index contributed by atoms with van der Waals surface area (Å²) < 4.78 is 40.8. The summed E-state index contributed by atoms with van der Waals surface area (Å²) in [5.74, 6) is 0. The van der Waals surface area contributed by atoms with Crippen LogP contribution in [-0.2, 0) is 32.7 Å². The zero-order valence-electron chi connectivity index (χ0n) is 20.2. The zero-order valence-corrected chi connectivity index (χ0v) is 21.1. The summed E-state index contributed by atoms with van der Waals surface area (Å²) in [6, 6.07) is 2.64. The minimum atomic E-state index is -1.23. The van der Waals surface area contributed by atoms with Crippen LogP contribution in [0.4, 0.5) is 0 Å². The molecule has 0 amide bonds. The largest absolute Gasteiger partial charge is 0.394 e. The van der Waals surface area contributed by atoms with Gasteiger partial charge in [-0.3, -0.25) is 0 Å². The molecule has 10 nitrogen and oxygen atoms in total. The number of aliphatic hydroxyl groups excluding tert-OH is 1. The van der Waals surface area contributed by atoms with Gasteiger partial charge in [0.15, 0.2) is 0 Å². The number of nitrogens with zero attached hydrogens (tertiary/aromatic N) is 2.